The van der Waals surface area contributed by atoms with Crippen LogP contribution in [0.2, 0.25) is 0 Å². The van der Waals surface area contributed by atoms with E-state index in [9.17, 15) is 4.79 Å². The smallest absolute Gasteiger partial charge is 0.340 e. The Kier molecular flexibility index (Phi) is 3.72. The van der Waals surface area contributed by atoms with Crippen molar-refractivity contribution in [1.29, 1.82) is 0 Å². The van der Waals surface area contributed by atoms with Gasteiger partial charge in [-0.15, -0.1) is 0 Å². The third kappa shape index (κ3) is 1.83. The molecule has 90 valence electrons. The maximum Gasteiger partial charge on any atom is 0.340 e. The highest BCUT2D eigenvalue weighted by atomic mass is 16.5. The topological polar surface area (TPSA) is 77.5 Å². The molecule has 0 aromatic carbocycles. The van der Waals surface area contributed by atoms with Gasteiger partial charge < -0.3 is 20.1 Å². The minimum atomic E-state index is -0.561. The zero-order valence-electron chi connectivity index (χ0n) is 10.1. The van der Waals surface area contributed by atoms with Crippen molar-refractivity contribution in [2.24, 2.45) is 12.8 Å². The van der Waals surface area contributed by atoms with Gasteiger partial charge in [0.15, 0.2) is 0 Å². The maximum absolute atomic E-state index is 11.7. The molecule has 1 aromatic rings. The first-order valence-corrected chi connectivity index (χ1v) is 5.06. The van der Waals surface area contributed by atoms with Crippen LogP contribution in [0.15, 0.2) is 0 Å². The fourth-order valence-electron chi connectivity index (χ4n) is 1.88. The second-order valence-electron chi connectivity index (χ2n) is 3.80. The summed E-state index contributed by atoms with van der Waals surface area (Å²) in [6.45, 7) is 3.49. The number of nitrogens with zero attached hydrogens (tertiary/aromatic N) is 1. The fourth-order valence-corrected chi connectivity index (χ4v) is 1.88. The molecule has 1 atom stereocenters. The van der Waals surface area contributed by atoms with E-state index < -0.39 is 12.0 Å². The minimum Gasteiger partial charge on any atom is -0.465 e. The Bertz CT molecular complexity index is 410. The van der Waals surface area contributed by atoms with Crippen LogP contribution >= 0.6 is 0 Å². The predicted octanol–water partition coefficient (Wildman–Crippen LogP) is 0.421. The molecule has 3 N–H and O–H groups in total. The average molecular weight is 226 g/mol. The van der Waals surface area contributed by atoms with Gasteiger partial charge in [0, 0.05) is 24.0 Å². The van der Waals surface area contributed by atoms with E-state index >= 15 is 0 Å². The second kappa shape index (κ2) is 4.67. The molecule has 0 aliphatic rings. The van der Waals surface area contributed by atoms with Crippen molar-refractivity contribution in [1.82, 2.24) is 4.57 Å². The van der Waals surface area contributed by atoms with Crippen molar-refractivity contribution in [3.63, 3.8) is 0 Å². The van der Waals surface area contributed by atoms with Crippen LogP contribution in [-0.4, -0.2) is 29.4 Å². The van der Waals surface area contributed by atoms with Gasteiger partial charge >= 0.3 is 5.97 Å². The first-order chi connectivity index (χ1) is 7.45. The molecule has 0 saturated carbocycles. The van der Waals surface area contributed by atoms with Crippen molar-refractivity contribution in [2.45, 2.75) is 19.9 Å². The number of methoxy groups -OCH3 is 1. The van der Waals surface area contributed by atoms with Gasteiger partial charge in [0.25, 0.3) is 0 Å². The normalized spacial score (nSPS) is 12.6. The molecule has 1 heterocycles. The van der Waals surface area contributed by atoms with Crippen LogP contribution in [-0.2, 0) is 11.8 Å². The van der Waals surface area contributed by atoms with E-state index in [1.165, 1.54) is 7.11 Å². The van der Waals surface area contributed by atoms with E-state index in [1.54, 1.807) is 0 Å². The standard InChI is InChI=1S/C11H18N2O3/c1-6-9(8(12)5-14)10(11(15)16-4)7(2)13(6)3/h8,14H,5,12H2,1-4H3/t8-/m1/s1. The Labute approximate surface area is 94.8 Å². The largest absolute Gasteiger partial charge is 0.465 e. The summed E-state index contributed by atoms with van der Waals surface area (Å²) in [6.07, 6.45) is 0. The lowest BCUT2D eigenvalue weighted by Gasteiger charge is -2.10. The van der Waals surface area contributed by atoms with E-state index in [-0.39, 0.29) is 6.61 Å². The summed E-state index contributed by atoms with van der Waals surface area (Å²) in [4.78, 5) is 11.7. The molecule has 0 bridgehead atoms. The van der Waals surface area contributed by atoms with Gasteiger partial charge in [-0.2, -0.15) is 0 Å². The number of carbonyl (C=O) groups excluding carboxylic acids is 1. The molecule has 0 unspecified atom stereocenters. The van der Waals surface area contributed by atoms with Crippen LogP contribution in [0.3, 0.4) is 0 Å². The SMILES string of the molecule is COC(=O)c1c([C@H](N)CO)c(C)n(C)c1C. The molecule has 5 heteroatoms. The molecule has 0 aliphatic heterocycles. The lowest BCUT2D eigenvalue weighted by Crippen LogP contribution is -2.19. The van der Waals surface area contributed by atoms with Gasteiger partial charge in [0.2, 0.25) is 0 Å². The summed E-state index contributed by atoms with van der Waals surface area (Å²) < 4.78 is 6.60. The zero-order valence-corrected chi connectivity index (χ0v) is 10.1. The van der Waals surface area contributed by atoms with Crippen LogP contribution in [0, 0.1) is 13.8 Å². The number of ether oxygens (including phenoxy) is 1. The lowest BCUT2D eigenvalue weighted by atomic mass is 10.0. The maximum atomic E-state index is 11.7. The highest BCUT2D eigenvalue weighted by Gasteiger charge is 2.25. The van der Waals surface area contributed by atoms with E-state index in [0.29, 0.717) is 11.1 Å². The highest BCUT2D eigenvalue weighted by molar-refractivity contribution is 5.93. The number of nitrogens with two attached hydrogens (primary N) is 1. The van der Waals surface area contributed by atoms with Crippen molar-refractivity contribution in [2.75, 3.05) is 13.7 Å². The van der Waals surface area contributed by atoms with E-state index in [2.05, 4.69) is 0 Å². The Morgan fingerprint density at radius 3 is 2.50 bits per heavy atom. The molecular weight excluding hydrogens is 208 g/mol. The third-order valence-corrected chi connectivity index (χ3v) is 2.98. The lowest BCUT2D eigenvalue weighted by molar-refractivity contribution is 0.0597. The quantitative estimate of drug-likeness (QED) is 0.732. The number of carbonyl (C=O) groups is 1. The van der Waals surface area contributed by atoms with Crippen LogP contribution in [0.25, 0.3) is 0 Å². The van der Waals surface area contributed by atoms with Crippen molar-refractivity contribution in [3.8, 4) is 0 Å². The molecule has 0 amide bonds. The summed E-state index contributed by atoms with van der Waals surface area (Å²) in [5.41, 5.74) is 8.59. The van der Waals surface area contributed by atoms with Crippen LogP contribution in [0.1, 0.15) is 33.4 Å². The molecule has 0 saturated heterocycles. The zero-order chi connectivity index (χ0) is 12.5. The first kappa shape index (κ1) is 12.7. The number of aliphatic hydroxyl groups is 1. The number of aliphatic hydroxyl groups excluding tert-OH is 1. The van der Waals surface area contributed by atoms with Gasteiger partial charge in [0.05, 0.1) is 25.3 Å². The van der Waals surface area contributed by atoms with Crippen LogP contribution in [0.4, 0.5) is 0 Å². The van der Waals surface area contributed by atoms with Crippen molar-refractivity contribution < 1.29 is 14.6 Å². The molecule has 1 rings (SSSR count). The van der Waals surface area contributed by atoms with Crippen molar-refractivity contribution in [3.05, 3.63) is 22.5 Å². The Morgan fingerprint density at radius 1 is 1.50 bits per heavy atom. The van der Waals surface area contributed by atoms with E-state index in [0.717, 1.165) is 11.4 Å². The van der Waals surface area contributed by atoms with Gasteiger partial charge in [-0.05, 0) is 13.8 Å². The number of esters is 1. The predicted molar refractivity (Wildman–Crippen MR) is 60.2 cm³/mol. The van der Waals surface area contributed by atoms with Crippen LogP contribution < -0.4 is 5.73 Å². The Morgan fingerprint density at radius 2 is 2.06 bits per heavy atom. The molecule has 16 heavy (non-hydrogen) atoms. The van der Waals surface area contributed by atoms with Gasteiger partial charge in [0.1, 0.15) is 0 Å². The number of hydrogen-bond acceptors (Lipinski definition) is 4. The second-order valence-corrected chi connectivity index (χ2v) is 3.80. The number of aromatic nitrogens is 1. The molecule has 1 aromatic heterocycles. The Balaban J connectivity index is 3.45. The van der Waals surface area contributed by atoms with Crippen LogP contribution in [0.5, 0.6) is 0 Å². The summed E-state index contributed by atoms with van der Waals surface area (Å²) in [5, 5.41) is 9.11. The molecule has 0 aliphatic carbocycles. The summed E-state index contributed by atoms with van der Waals surface area (Å²) in [7, 11) is 3.18. The highest BCUT2D eigenvalue weighted by Crippen LogP contribution is 2.26. The monoisotopic (exact) mass is 226 g/mol. The van der Waals surface area contributed by atoms with Gasteiger partial charge in [-0.1, -0.05) is 0 Å². The molecule has 0 radical (unpaired) electrons. The molecule has 5 nitrogen and oxygen atoms in total. The van der Waals surface area contributed by atoms with Gasteiger partial charge in [-0.3, -0.25) is 0 Å². The van der Waals surface area contributed by atoms with E-state index in [1.807, 2.05) is 25.5 Å². The fraction of sp³-hybridized carbons (Fsp3) is 0.545. The Hall–Kier alpha value is -1.33. The third-order valence-electron chi connectivity index (χ3n) is 2.98. The molecule has 0 spiro atoms. The average Bonchev–Trinajstić information content (AvgIpc) is 2.51. The minimum absolute atomic E-state index is 0.200. The van der Waals surface area contributed by atoms with E-state index in [4.69, 9.17) is 15.6 Å². The van der Waals surface area contributed by atoms with Crippen molar-refractivity contribution >= 4 is 5.97 Å². The summed E-state index contributed by atoms with van der Waals surface area (Å²) >= 11 is 0. The molecular formula is C11H18N2O3. The first-order valence-electron chi connectivity index (χ1n) is 5.06. The van der Waals surface area contributed by atoms with Gasteiger partial charge in [-0.25, -0.2) is 4.79 Å². The summed E-state index contributed by atoms with van der Waals surface area (Å²) in [5.74, 6) is -0.417. The number of rotatable bonds is 3. The number of hydrogen-bond donors (Lipinski definition) is 2. The molecule has 0 fully saturated rings. The summed E-state index contributed by atoms with van der Waals surface area (Å²) in [6, 6.07) is -0.561.